The van der Waals surface area contributed by atoms with Crippen molar-refractivity contribution in [2.24, 2.45) is 0 Å². The zero-order valence-electron chi connectivity index (χ0n) is 12.4. The highest BCUT2D eigenvalue weighted by Gasteiger charge is 2.29. The van der Waals surface area contributed by atoms with Gasteiger partial charge in [-0.15, -0.1) is 0 Å². The zero-order valence-corrected chi connectivity index (χ0v) is 13.2. The first-order valence-electron chi connectivity index (χ1n) is 6.82. The van der Waals surface area contributed by atoms with Gasteiger partial charge in [0.1, 0.15) is 5.25 Å². The second-order valence-electron chi connectivity index (χ2n) is 5.12. The van der Waals surface area contributed by atoms with Gasteiger partial charge in [0.25, 0.3) is 0 Å². The molecule has 0 aliphatic heterocycles. The van der Waals surface area contributed by atoms with Crippen LogP contribution >= 0.6 is 0 Å². The summed E-state index contributed by atoms with van der Waals surface area (Å²) >= 11 is 0. The van der Waals surface area contributed by atoms with Gasteiger partial charge in [0.2, 0.25) is 0 Å². The van der Waals surface area contributed by atoms with Gasteiger partial charge < -0.3 is 10.6 Å². The SMILES string of the molecule is CN(C)c1ccc([C@H](C[NH3+])S(=O)(=O)c2ccccc2)cc1. The molecule has 0 heterocycles. The molecule has 4 nitrogen and oxygen atoms in total. The smallest absolute Gasteiger partial charge is 0.190 e. The third-order valence-electron chi connectivity index (χ3n) is 3.49. The van der Waals surface area contributed by atoms with Crippen LogP contribution in [0.1, 0.15) is 10.8 Å². The maximum Gasteiger partial charge on any atom is 0.190 e. The highest BCUT2D eigenvalue weighted by atomic mass is 32.2. The minimum Gasteiger partial charge on any atom is -0.378 e. The molecule has 0 spiro atoms. The van der Waals surface area contributed by atoms with Gasteiger partial charge in [-0.1, -0.05) is 30.3 Å². The quantitative estimate of drug-likeness (QED) is 0.910. The molecule has 1 atom stereocenters. The van der Waals surface area contributed by atoms with Crippen LogP contribution < -0.4 is 10.6 Å². The highest BCUT2D eigenvalue weighted by molar-refractivity contribution is 7.91. The lowest BCUT2D eigenvalue weighted by Crippen LogP contribution is -2.54. The number of hydrogen-bond donors (Lipinski definition) is 1. The maximum atomic E-state index is 12.7. The Kier molecular flexibility index (Phi) is 4.65. The van der Waals surface area contributed by atoms with Crippen LogP contribution in [0.25, 0.3) is 0 Å². The Hall–Kier alpha value is -1.85. The van der Waals surface area contributed by atoms with Gasteiger partial charge in [-0.25, -0.2) is 8.42 Å². The van der Waals surface area contributed by atoms with Crippen LogP contribution in [0, 0.1) is 0 Å². The fourth-order valence-electron chi connectivity index (χ4n) is 2.26. The summed E-state index contributed by atoms with van der Waals surface area (Å²) in [5.74, 6) is 0. The van der Waals surface area contributed by atoms with E-state index < -0.39 is 15.1 Å². The Labute approximate surface area is 126 Å². The molecule has 0 unspecified atom stereocenters. The Morgan fingerprint density at radius 3 is 2.05 bits per heavy atom. The zero-order chi connectivity index (χ0) is 15.5. The Morgan fingerprint density at radius 2 is 1.57 bits per heavy atom. The average Bonchev–Trinajstić information content (AvgIpc) is 2.49. The van der Waals surface area contributed by atoms with Gasteiger partial charge >= 0.3 is 0 Å². The molecular weight excluding hydrogens is 284 g/mol. The third kappa shape index (κ3) is 3.25. The molecule has 0 saturated heterocycles. The molecule has 112 valence electrons. The van der Waals surface area contributed by atoms with E-state index in [1.165, 1.54) is 0 Å². The van der Waals surface area contributed by atoms with Gasteiger partial charge in [-0.2, -0.15) is 0 Å². The molecule has 0 aliphatic rings. The molecule has 3 N–H and O–H groups in total. The molecule has 2 aromatic carbocycles. The van der Waals surface area contributed by atoms with Gasteiger partial charge in [0, 0.05) is 19.8 Å². The van der Waals surface area contributed by atoms with E-state index in [9.17, 15) is 8.42 Å². The fourth-order valence-corrected chi connectivity index (χ4v) is 3.95. The summed E-state index contributed by atoms with van der Waals surface area (Å²) in [4.78, 5) is 2.32. The summed E-state index contributed by atoms with van der Waals surface area (Å²) in [6.07, 6.45) is 0. The number of benzene rings is 2. The highest BCUT2D eigenvalue weighted by Crippen LogP contribution is 2.28. The Balaban J connectivity index is 2.40. The lowest BCUT2D eigenvalue weighted by Gasteiger charge is -2.17. The molecule has 0 radical (unpaired) electrons. The predicted octanol–water partition coefficient (Wildman–Crippen LogP) is 1.51. The van der Waals surface area contributed by atoms with Crippen LogP contribution in [-0.2, 0) is 9.84 Å². The van der Waals surface area contributed by atoms with Crippen LogP contribution in [0.4, 0.5) is 5.69 Å². The van der Waals surface area contributed by atoms with E-state index in [2.05, 4.69) is 5.73 Å². The monoisotopic (exact) mass is 305 g/mol. The van der Waals surface area contributed by atoms with Gasteiger partial charge in [-0.3, -0.25) is 0 Å². The van der Waals surface area contributed by atoms with Crippen molar-refractivity contribution in [3.05, 3.63) is 60.2 Å². The van der Waals surface area contributed by atoms with Gasteiger partial charge in [0.05, 0.1) is 11.4 Å². The first kappa shape index (κ1) is 15.5. The van der Waals surface area contributed by atoms with E-state index in [4.69, 9.17) is 0 Å². The summed E-state index contributed by atoms with van der Waals surface area (Å²) in [7, 11) is 0.493. The molecule has 0 aliphatic carbocycles. The minimum absolute atomic E-state index is 0.304. The number of sulfone groups is 1. The van der Waals surface area contributed by atoms with Crippen LogP contribution in [0.2, 0.25) is 0 Å². The van der Waals surface area contributed by atoms with Crippen LogP contribution in [-0.4, -0.2) is 29.1 Å². The van der Waals surface area contributed by atoms with E-state index in [1.807, 2.05) is 49.3 Å². The van der Waals surface area contributed by atoms with Crippen molar-refractivity contribution in [3.8, 4) is 0 Å². The van der Waals surface area contributed by atoms with Gasteiger partial charge in [0.15, 0.2) is 9.84 Å². The van der Waals surface area contributed by atoms with Crippen molar-refractivity contribution < 1.29 is 14.2 Å². The summed E-state index contributed by atoms with van der Waals surface area (Å²) in [5.41, 5.74) is 5.64. The van der Waals surface area contributed by atoms with Crippen molar-refractivity contribution in [2.45, 2.75) is 10.1 Å². The number of quaternary nitrogens is 1. The lowest BCUT2D eigenvalue weighted by molar-refractivity contribution is -0.367. The van der Waals surface area contributed by atoms with Crippen molar-refractivity contribution in [1.82, 2.24) is 0 Å². The number of nitrogens with zero attached hydrogens (tertiary/aromatic N) is 1. The van der Waals surface area contributed by atoms with E-state index in [-0.39, 0.29) is 0 Å². The minimum atomic E-state index is -3.41. The molecule has 5 heteroatoms. The number of anilines is 1. The molecule has 2 rings (SSSR count). The normalized spacial score (nSPS) is 12.9. The van der Waals surface area contributed by atoms with Crippen molar-refractivity contribution in [3.63, 3.8) is 0 Å². The standard InChI is InChI=1S/C16H20N2O2S/c1-18(2)14-10-8-13(9-11-14)16(12-17)21(19,20)15-6-4-3-5-7-15/h3-11,16H,12,17H2,1-2H3/p+1/t16-/m0/s1. The first-order valence-corrected chi connectivity index (χ1v) is 8.37. The summed E-state index contributed by atoms with van der Waals surface area (Å²) in [6.45, 7) is 0.304. The van der Waals surface area contributed by atoms with Crippen molar-refractivity contribution in [2.75, 3.05) is 25.5 Å². The molecule has 0 saturated carbocycles. The molecule has 0 fully saturated rings. The second-order valence-corrected chi connectivity index (χ2v) is 7.25. The van der Waals surface area contributed by atoms with Crippen LogP contribution in [0.15, 0.2) is 59.5 Å². The summed E-state index contributed by atoms with van der Waals surface area (Å²) in [6, 6.07) is 16.1. The van der Waals surface area contributed by atoms with E-state index in [0.29, 0.717) is 11.4 Å². The summed E-state index contributed by atoms with van der Waals surface area (Å²) < 4.78 is 25.5. The lowest BCUT2D eigenvalue weighted by atomic mass is 10.1. The van der Waals surface area contributed by atoms with Crippen molar-refractivity contribution in [1.29, 1.82) is 0 Å². The van der Waals surface area contributed by atoms with E-state index in [0.717, 1.165) is 11.3 Å². The fraction of sp³-hybridized carbons (Fsp3) is 0.250. The second kappa shape index (κ2) is 6.28. The molecule has 0 aromatic heterocycles. The van der Waals surface area contributed by atoms with Crippen LogP contribution in [0.5, 0.6) is 0 Å². The van der Waals surface area contributed by atoms with E-state index >= 15 is 0 Å². The summed E-state index contributed by atoms with van der Waals surface area (Å²) in [5, 5.41) is -0.615. The molecule has 0 amide bonds. The Morgan fingerprint density at radius 1 is 1.00 bits per heavy atom. The van der Waals surface area contributed by atoms with Crippen LogP contribution in [0.3, 0.4) is 0 Å². The Bertz CT molecular complexity index is 680. The average molecular weight is 305 g/mol. The van der Waals surface area contributed by atoms with E-state index in [1.54, 1.807) is 24.3 Å². The predicted molar refractivity (Wildman–Crippen MR) is 84.9 cm³/mol. The molecule has 2 aromatic rings. The molecule has 21 heavy (non-hydrogen) atoms. The first-order chi connectivity index (χ1) is 9.96. The molecule has 0 bridgehead atoms. The third-order valence-corrected chi connectivity index (χ3v) is 5.68. The largest absolute Gasteiger partial charge is 0.378 e. The van der Waals surface area contributed by atoms with Crippen molar-refractivity contribution >= 4 is 15.5 Å². The number of rotatable bonds is 5. The topological polar surface area (TPSA) is 65.0 Å². The number of hydrogen-bond acceptors (Lipinski definition) is 3. The van der Waals surface area contributed by atoms with Gasteiger partial charge in [-0.05, 0) is 29.8 Å². The maximum absolute atomic E-state index is 12.7. The molecular formula is C16H21N2O2S+.